The van der Waals surface area contributed by atoms with Crippen LogP contribution in [0.5, 0.6) is 0 Å². The Hall–Kier alpha value is -2.23. The number of likely N-dealkylation sites (tertiary alicyclic amines) is 1. The molecule has 2 heterocycles. The highest BCUT2D eigenvalue weighted by Gasteiger charge is 2.23. The predicted molar refractivity (Wildman–Crippen MR) is 92.0 cm³/mol. The molecule has 1 saturated heterocycles. The molecule has 1 atom stereocenters. The minimum Gasteiger partial charge on any atom is -0.342 e. The summed E-state index contributed by atoms with van der Waals surface area (Å²) in [5.74, 6) is 0.479. The Labute approximate surface area is 142 Å². The van der Waals surface area contributed by atoms with Gasteiger partial charge in [-0.1, -0.05) is 18.2 Å². The molecule has 0 aliphatic carbocycles. The number of hydrogen-bond donors (Lipinski definition) is 0. The van der Waals surface area contributed by atoms with E-state index in [4.69, 9.17) is 0 Å². The molecule has 1 amide bonds. The first-order valence-electron chi connectivity index (χ1n) is 8.62. The maximum Gasteiger partial charge on any atom is 0.222 e. The minimum atomic E-state index is -0.237. The Morgan fingerprint density at radius 3 is 2.79 bits per heavy atom. The average Bonchev–Trinajstić information content (AvgIpc) is 2.62. The van der Waals surface area contributed by atoms with Gasteiger partial charge in [0, 0.05) is 31.9 Å². The lowest BCUT2D eigenvalue weighted by Gasteiger charge is -2.33. The van der Waals surface area contributed by atoms with E-state index in [0.29, 0.717) is 18.8 Å². The number of rotatable bonds is 5. The van der Waals surface area contributed by atoms with Crippen LogP contribution in [0, 0.1) is 11.7 Å². The zero-order valence-electron chi connectivity index (χ0n) is 13.8. The number of carbonyl (C=O) groups excluding carboxylic acids is 1. The largest absolute Gasteiger partial charge is 0.342 e. The summed E-state index contributed by atoms with van der Waals surface area (Å²) in [6, 6.07) is 10.5. The third kappa shape index (κ3) is 4.63. The summed E-state index contributed by atoms with van der Waals surface area (Å²) in [5, 5.41) is 0. The van der Waals surface area contributed by atoms with Gasteiger partial charge < -0.3 is 4.90 Å². The number of benzene rings is 1. The topological polar surface area (TPSA) is 33.2 Å². The van der Waals surface area contributed by atoms with Crippen LogP contribution in [-0.2, 0) is 17.6 Å². The SMILES string of the molecule is O=C(CCc1ccc(F)cc1)N1CCCC(Cc2cccnc2)C1. The van der Waals surface area contributed by atoms with E-state index < -0.39 is 0 Å². The number of halogens is 1. The summed E-state index contributed by atoms with van der Waals surface area (Å²) < 4.78 is 12.9. The lowest BCUT2D eigenvalue weighted by Crippen LogP contribution is -2.40. The zero-order valence-corrected chi connectivity index (χ0v) is 13.8. The van der Waals surface area contributed by atoms with Crippen molar-refractivity contribution >= 4 is 5.91 Å². The molecule has 0 bridgehead atoms. The van der Waals surface area contributed by atoms with Crippen molar-refractivity contribution < 1.29 is 9.18 Å². The molecule has 1 aromatic heterocycles. The molecule has 1 aromatic carbocycles. The van der Waals surface area contributed by atoms with Crippen molar-refractivity contribution in [1.29, 1.82) is 0 Å². The maximum atomic E-state index is 12.9. The summed E-state index contributed by atoms with van der Waals surface area (Å²) in [6.07, 6.45) is 8.07. The number of pyridine rings is 1. The molecule has 2 aromatic rings. The summed E-state index contributed by atoms with van der Waals surface area (Å²) in [4.78, 5) is 18.6. The first kappa shape index (κ1) is 16.6. The van der Waals surface area contributed by atoms with Crippen molar-refractivity contribution in [2.24, 2.45) is 5.92 Å². The second-order valence-corrected chi connectivity index (χ2v) is 6.54. The van der Waals surface area contributed by atoms with Gasteiger partial charge in [-0.25, -0.2) is 4.39 Å². The molecule has 3 rings (SSSR count). The van der Waals surface area contributed by atoms with Gasteiger partial charge in [-0.15, -0.1) is 0 Å². The Balaban J connectivity index is 1.50. The molecule has 1 fully saturated rings. The van der Waals surface area contributed by atoms with Gasteiger partial charge in [0.25, 0.3) is 0 Å². The number of hydrogen-bond acceptors (Lipinski definition) is 2. The fourth-order valence-electron chi connectivity index (χ4n) is 3.37. The van der Waals surface area contributed by atoms with Gasteiger partial charge in [-0.05, 0) is 60.9 Å². The van der Waals surface area contributed by atoms with E-state index in [0.717, 1.165) is 37.9 Å². The summed E-state index contributed by atoms with van der Waals surface area (Å²) in [6.45, 7) is 1.68. The van der Waals surface area contributed by atoms with E-state index in [-0.39, 0.29) is 11.7 Å². The van der Waals surface area contributed by atoms with Crippen LogP contribution < -0.4 is 0 Å². The molecule has 0 N–H and O–H groups in total. The van der Waals surface area contributed by atoms with Crippen molar-refractivity contribution in [1.82, 2.24) is 9.88 Å². The number of piperidine rings is 1. The van der Waals surface area contributed by atoms with Gasteiger partial charge in [0.15, 0.2) is 0 Å². The van der Waals surface area contributed by atoms with Crippen LogP contribution in [0.15, 0.2) is 48.8 Å². The van der Waals surface area contributed by atoms with E-state index in [9.17, 15) is 9.18 Å². The van der Waals surface area contributed by atoms with E-state index in [1.807, 2.05) is 17.2 Å². The normalized spacial score (nSPS) is 17.7. The summed E-state index contributed by atoms with van der Waals surface area (Å²) in [5.41, 5.74) is 2.25. The Bertz CT molecular complexity index is 657. The summed E-state index contributed by atoms with van der Waals surface area (Å²) in [7, 11) is 0. The number of aryl methyl sites for hydroxylation is 1. The molecule has 0 spiro atoms. The molecule has 1 aliphatic rings. The van der Waals surface area contributed by atoms with Gasteiger partial charge in [0.2, 0.25) is 5.91 Å². The van der Waals surface area contributed by atoms with Crippen LogP contribution in [0.4, 0.5) is 4.39 Å². The van der Waals surface area contributed by atoms with Crippen molar-refractivity contribution in [2.75, 3.05) is 13.1 Å². The molecule has 126 valence electrons. The van der Waals surface area contributed by atoms with Gasteiger partial charge in [0.05, 0.1) is 0 Å². The zero-order chi connectivity index (χ0) is 16.8. The Morgan fingerprint density at radius 2 is 2.04 bits per heavy atom. The molecule has 1 unspecified atom stereocenters. The summed E-state index contributed by atoms with van der Waals surface area (Å²) >= 11 is 0. The van der Waals surface area contributed by atoms with Crippen LogP contribution in [0.3, 0.4) is 0 Å². The van der Waals surface area contributed by atoms with Crippen LogP contribution >= 0.6 is 0 Å². The molecule has 4 heteroatoms. The second kappa shape index (κ2) is 8.04. The average molecular weight is 326 g/mol. The standard InChI is InChI=1S/C20H23FN2O/c21-19-8-5-16(6-9-19)7-10-20(24)23-12-2-4-18(15-23)13-17-3-1-11-22-14-17/h1,3,5-6,8-9,11,14,18H,2,4,7,10,12-13,15H2. The van der Waals surface area contributed by atoms with E-state index in [1.165, 1.54) is 17.7 Å². The molecule has 0 radical (unpaired) electrons. The lowest BCUT2D eigenvalue weighted by atomic mass is 9.91. The first-order valence-corrected chi connectivity index (χ1v) is 8.62. The maximum absolute atomic E-state index is 12.9. The van der Waals surface area contributed by atoms with Crippen molar-refractivity contribution in [3.8, 4) is 0 Å². The van der Waals surface area contributed by atoms with Crippen molar-refractivity contribution in [3.63, 3.8) is 0 Å². The van der Waals surface area contributed by atoms with Gasteiger partial charge >= 0.3 is 0 Å². The molecular weight excluding hydrogens is 303 g/mol. The Morgan fingerprint density at radius 1 is 1.21 bits per heavy atom. The molecule has 0 saturated carbocycles. The van der Waals surface area contributed by atoms with Crippen molar-refractivity contribution in [2.45, 2.75) is 32.1 Å². The highest BCUT2D eigenvalue weighted by molar-refractivity contribution is 5.76. The monoisotopic (exact) mass is 326 g/mol. The fourth-order valence-corrected chi connectivity index (χ4v) is 3.37. The second-order valence-electron chi connectivity index (χ2n) is 6.54. The van der Waals surface area contributed by atoms with Crippen LogP contribution in [0.1, 0.15) is 30.4 Å². The minimum absolute atomic E-state index is 0.204. The third-order valence-corrected chi connectivity index (χ3v) is 4.66. The van der Waals surface area contributed by atoms with Gasteiger partial charge in [0.1, 0.15) is 5.82 Å². The van der Waals surface area contributed by atoms with Crippen molar-refractivity contribution in [3.05, 3.63) is 65.7 Å². The number of carbonyl (C=O) groups is 1. The van der Waals surface area contributed by atoms with E-state index in [1.54, 1.807) is 18.3 Å². The van der Waals surface area contributed by atoms with Crippen LogP contribution in [-0.4, -0.2) is 28.9 Å². The Kier molecular flexibility index (Phi) is 5.57. The van der Waals surface area contributed by atoms with Crippen LogP contribution in [0.2, 0.25) is 0 Å². The third-order valence-electron chi connectivity index (χ3n) is 4.66. The smallest absolute Gasteiger partial charge is 0.222 e. The number of amides is 1. The fraction of sp³-hybridized carbons (Fsp3) is 0.400. The van der Waals surface area contributed by atoms with Gasteiger partial charge in [-0.3, -0.25) is 9.78 Å². The molecule has 1 aliphatic heterocycles. The van der Waals surface area contributed by atoms with Gasteiger partial charge in [-0.2, -0.15) is 0 Å². The highest BCUT2D eigenvalue weighted by atomic mass is 19.1. The van der Waals surface area contributed by atoms with E-state index in [2.05, 4.69) is 11.1 Å². The first-order chi connectivity index (χ1) is 11.7. The van der Waals surface area contributed by atoms with E-state index >= 15 is 0 Å². The highest BCUT2D eigenvalue weighted by Crippen LogP contribution is 2.21. The number of aromatic nitrogens is 1. The quantitative estimate of drug-likeness (QED) is 0.840. The van der Waals surface area contributed by atoms with Crippen LogP contribution in [0.25, 0.3) is 0 Å². The number of nitrogens with zero attached hydrogens (tertiary/aromatic N) is 2. The lowest BCUT2D eigenvalue weighted by molar-refractivity contribution is -0.132. The molecular formula is C20H23FN2O. The molecule has 24 heavy (non-hydrogen) atoms. The molecule has 3 nitrogen and oxygen atoms in total. The predicted octanol–water partition coefficient (Wildman–Crippen LogP) is 3.63.